The highest BCUT2D eigenvalue weighted by molar-refractivity contribution is 9.10. The summed E-state index contributed by atoms with van der Waals surface area (Å²) >= 11 is 21.8. The van der Waals surface area contributed by atoms with Crippen LogP contribution in [0.3, 0.4) is 0 Å². The molecule has 0 fully saturated rings. The van der Waals surface area contributed by atoms with Crippen LogP contribution in [-0.2, 0) is 6.61 Å². The zero-order valence-electron chi connectivity index (χ0n) is 16.0. The molecule has 0 unspecified atom stereocenters. The van der Waals surface area contributed by atoms with Crippen LogP contribution in [0.2, 0.25) is 15.1 Å². The number of hydrazone groups is 1. The van der Waals surface area contributed by atoms with Gasteiger partial charge in [-0.05, 0) is 64.0 Å². The van der Waals surface area contributed by atoms with Crippen LogP contribution in [0.25, 0.3) is 0 Å². The van der Waals surface area contributed by atoms with Crippen molar-refractivity contribution in [1.29, 1.82) is 5.26 Å². The maximum Gasteiger partial charge on any atom is 0.274 e. The Labute approximate surface area is 206 Å². The van der Waals surface area contributed by atoms with Crippen LogP contribution in [-0.4, -0.2) is 12.1 Å². The van der Waals surface area contributed by atoms with Crippen molar-refractivity contribution in [2.45, 2.75) is 6.61 Å². The number of carbonyl (C=O) groups is 1. The lowest BCUT2D eigenvalue weighted by Gasteiger charge is -2.12. The van der Waals surface area contributed by atoms with Crippen molar-refractivity contribution in [2.75, 3.05) is 0 Å². The molecule has 1 N–H and O–H groups in total. The molecule has 0 aliphatic rings. The predicted molar refractivity (Wildman–Crippen MR) is 126 cm³/mol. The van der Waals surface area contributed by atoms with Crippen molar-refractivity contribution < 1.29 is 13.9 Å². The Morgan fingerprint density at radius 3 is 2.59 bits per heavy atom. The molecule has 1 amide bonds. The summed E-state index contributed by atoms with van der Waals surface area (Å²) in [4.78, 5) is 12.1. The summed E-state index contributed by atoms with van der Waals surface area (Å²) in [6.45, 7) is 0.175. The van der Waals surface area contributed by atoms with Gasteiger partial charge in [0.25, 0.3) is 5.91 Å². The lowest BCUT2D eigenvalue weighted by Crippen LogP contribution is -2.19. The Bertz CT molecular complexity index is 1240. The SMILES string of the molecule is N#Cc1ccc(C(=O)N/N=C\c2cc(Cl)c(OCc3ccc(Cl)cc3Cl)c(Br)c2)c(F)c1. The number of rotatable bonds is 6. The third kappa shape index (κ3) is 5.99. The van der Waals surface area contributed by atoms with Gasteiger partial charge in [-0.1, -0.05) is 40.9 Å². The largest absolute Gasteiger partial charge is 0.486 e. The van der Waals surface area contributed by atoms with Crippen LogP contribution in [0.15, 0.2) is 58.1 Å². The van der Waals surface area contributed by atoms with Crippen LogP contribution in [0.4, 0.5) is 4.39 Å². The average Bonchev–Trinajstić information content (AvgIpc) is 2.74. The molecule has 0 radical (unpaired) electrons. The number of nitrogens with one attached hydrogen (secondary N) is 1. The van der Waals surface area contributed by atoms with Crippen LogP contribution in [0, 0.1) is 17.1 Å². The molecule has 0 aliphatic carbocycles. The first kappa shape index (κ1) is 24.0. The summed E-state index contributed by atoms with van der Waals surface area (Å²) < 4.78 is 20.2. The zero-order valence-corrected chi connectivity index (χ0v) is 19.9. The molecular weight excluding hydrogens is 544 g/mol. The van der Waals surface area contributed by atoms with E-state index in [1.165, 1.54) is 18.3 Å². The first-order valence-corrected chi connectivity index (χ1v) is 10.8. The summed E-state index contributed by atoms with van der Waals surface area (Å²) in [5.41, 5.74) is 3.40. The third-order valence-electron chi connectivity index (χ3n) is 4.13. The Hall–Kier alpha value is -2.63. The molecule has 162 valence electrons. The lowest BCUT2D eigenvalue weighted by atomic mass is 10.1. The Morgan fingerprint density at radius 1 is 1.16 bits per heavy atom. The number of nitriles is 1. The van der Waals surface area contributed by atoms with E-state index in [1.807, 2.05) is 0 Å². The van der Waals surface area contributed by atoms with Gasteiger partial charge in [0, 0.05) is 15.6 Å². The van der Waals surface area contributed by atoms with Gasteiger partial charge in [-0.15, -0.1) is 0 Å². The molecule has 0 atom stereocenters. The van der Waals surface area contributed by atoms with Crippen molar-refractivity contribution in [3.05, 3.63) is 96.1 Å². The standard InChI is InChI=1S/C22H12BrCl3FN3O2/c23-17-5-13(10-29-30-22(31)16-4-1-12(9-28)7-20(16)27)6-19(26)21(17)32-11-14-2-3-15(24)8-18(14)25/h1-8,10H,11H2,(H,30,31)/b29-10-. The van der Waals surface area contributed by atoms with Gasteiger partial charge in [0.1, 0.15) is 12.4 Å². The zero-order chi connectivity index (χ0) is 23.3. The normalized spacial score (nSPS) is 10.8. The van der Waals surface area contributed by atoms with Gasteiger partial charge >= 0.3 is 0 Å². The van der Waals surface area contributed by atoms with Crippen molar-refractivity contribution in [2.24, 2.45) is 5.10 Å². The molecule has 5 nitrogen and oxygen atoms in total. The van der Waals surface area contributed by atoms with Gasteiger partial charge < -0.3 is 4.74 Å². The number of nitrogens with zero attached hydrogens (tertiary/aromatic N) is 2. The summed E-state index contributed by atoms with van der Waals surface area (Å²) in [6.07, 6.45) is 1.34. The van der Waals surface area contributed by atoms with Crippen LogP contribution in [0.1, 0.15) is 27.0 Å². The first-order chi connectivity index (χ1) is 15.3. The molecule has 3 aromatic rings. The van der Waals surface area contributed by atoms with E-state index in [0.717, 1.165) is 11.6 Å². The van der Waals surface area contributed by atoms with E-state index in [1.54, 1.807) is 36.4 Å². The molecule has 0 aliphatic heterocycles. The average molecular weight is 556 g/mol. The van der Waals surface area contributed by atoms with Crippen molar-refractivity contribution in [1.82, 2.24) is 5.43 Å². The Morgan fingerprint density at radius 2 is 1.94 bits per heavy atom. The molecule has 10 heteroatoms. The van der Waals surface area contributed by atoms with E-state index in [4.69, 9.17) is 44.8 Å². The highest BCUT2D eigenvalue weighted by atomic mass is 79.9. The summed E-state index contributed by atoms with van der Waals surface area (Å²) in [5, 5.41) is 13.9. The second kappa shape index (κ2) is 10.8. The fourth-order valence-corrected chi connectivity index (χ4v) is 4.03. The van der Waals surface area contributed by atoms with Gasteiger partial charge in [0.2, 0.25) is 0 Å². The van der Waals surface area contributed by atoms with Gasteiger partial charge in [-0.25, -0.2) is 9.82 Å². The maximum atomic E-state index is 13.9. The topological polar surface area (TPSA) is 74.5 Å². The number of ether oxygens (including phenoxy) is 1. The van der Waals surface area contributed by atoms with Gasteiger partial charge in [0.15, 0.2) is 5.75 Å². The molecule has 0 spiro atoms. The third-order valence-corrected chi connectivity index (χ3v) is 5.59. The van der Waals surface area contributed by atoms with Crippen molar-refractivity contribution in [3.63, 3.8) is 0 Å². The summed E-state index contributed by atoms with van der Waals surface area (Å²) in [5.74, 6) is -1.17. The van der Waals surface area contributed by atoms with E-state index in [2.05, 4.69) is 26.5 Å². The maximum absolute atomic E-state index is 13.9. The molecule has 0 heterocycles. The number of amides is 1. The molecule has 0 saturated carbocycles. The predicted octanol–water partition coefficient (Wildman–Crippen LogP) is 6.76. The second-order valence-electron chi connectivity index (χ2n) is 6.34. The highest BCUT2D eigenvalue weighted by Gasteiger charge is 2.13. The van der Waals surface area contributed by atoms with Crippen LogP contribution in [0.5, 0.6) is 5.75 Å². The van der Waals surface area contributed by atoms with Crippen LogP contribution >= 0.6 is 50.7 Å². The molecule has 0 aromatic heterocycles. The van der Waals surface area contributed by atoms with E-state index in [9.17, 15) is 9.18 Å². The molecule has 3 rings (SSSR count). The molecule has 0 saturated heterocycles. The number of carbonyl (C=O) groups excluding carboxylic acids is 1. The highest BCUT2D eigenvalue weighted by Crippen LogP contribution is 2.35. The van der Waals surface area contributed by atoms with Gasteiger partial charge in [-0.2, -0.15) is 10.4 Å². The van der Waals surface area contributed by atoms with E-state index in [-0.39, 0.29) is 17.7 Å². The minimum Gasteiger partial charge on any atom is -0.486 e. The number of halogens is 5. The molecular formula is C22H12BrCl3FN3O2. The van der Waals surface area contributed by atoms with Crippen LogP contribution < -0.4 is 10.2 Å². The Kier molecular flexibility index (Phi) is 8.10. The first-order valence-electron chi connectivity index (χ1n) is 8.87. The molecule has 3 aromatic carbocycles. The molecule has 32 heavy (non-hydrogen) atoms. The lowest BCUT2D eigenvalue weighted by molar-refractivity contribution is 0.0951. The quantitative estimate of drug-likeness (QED) is 0.270. The Balaban J connectivity index is 1.67. The van der Waals surface area contributed by atoms with Gasteiger partial charge in [0.05, 0.1) is 32.9 Å². The monoisotopic (exact) mass is 553 g/mol. The number of hydrogen-bond acceptors (Lipinski definition) is 4. The molecule has 0 bridgehead atoms. The summed E-state index contributed by atoms with van der Waals surface area (Å²) in [6, 6.07) is 13.7. The number of hydrogen-bond donors (Lipinski definition) is 1. The van der Waals surface area contributed by atoms with Crippen molar-refractivity contribution >= 4 is 62.9 Å². The number of benzene rings is 3. The minimum atomic E-state index is -0.815. The van der Waals surface area contributed by atoms with Gasteiger partial charge in [-0.3, -0.25) is 4.79 Å². The van der Waals surface area contributed by atoms with E-state index >= 15 is 0 Å². The van der Waals surface area contributed by atoms with E-state index in [0.29, 0.717) is 30.9 Å². The fraction of sp³-hybridized carbons (Fsp3) is 0.0455. The minimum absolute atomic E-state index is 0.114. The second-order valence-corrected chi connectivity index (χ2v) is 8.45. The van der Waals surface area contributed by atoms with E-state index < -0.39 is 11.7 Å². The smallest absolute Gasteiger partial charge is 0.274 e. The summed E-state index contributed by atoms with van der Waals surface area (Å²) in [7, 11) is 0. The fourth-order valence-electron chi connectivity index (χ4n) is 2.58. The van der Waals surface area contributed by atoms with Crippen molar-refractivity contribution in [3.8, 4) is 11.8 Å².